The van der Waals surface area contributed by atoms with Gasteiger partial charge in [0.1, 0.15) is 18.2 Å². The Morgan fingerprint density at radius 3 is 2.37 bits per heavy atom. The predicted molar refractivity (Wildman–Crippen MR) is 62.6 cm³/mol. The monoisotopic (exact) mass is 294 g/mol. The summed E-state index contributed by atoms with van der Waals surface area (Å²) in [6.07, 6.45) is 0. The van der Waals surface area contributed by atoms with Gasteiger partial charge < -0.3 is 10.5 Å². The first-order valence-corrected chi connectivity index (χ1v) is 6.66. The minimum Gasteiger partial charge on any atom is -0.465 e. The molecular formula is C10H12F2N2O4S. The number of sulfonamides is 1. The van der Waals surface area contributed by atoms with Crippen LogP contribution >= 0.6 is 0 Å². The van der Waals surface area contributed by atoms with Crippen molar-refractivity contribution in [2.45, 2.75) is 11.8 Å². The minimum absolute atomic E-state index is 0.0607. The van der Waals surface area contributed by atoms with Crippen LogP contribution in [0.4, 0.5) is 14.5 Å². The molecule has 0 radical (unpaired) electrons. The zero-order chi connectivity index (χ0) is 14.6. The van der Waals surface area contributed by atoms with E-state index in [2.05, 4.69) is 4.74 Å². The van der Waals surface area contributed by atoms with Gasteiger partial charge in [-0.25, -0.2) is 17.2 Å². The van der Waals surface area contributed by atoms with E-state index in [0.29, 0.717) is 12.1 Å². The molecule has 19 heavy (non-hydrogen) atoms. The molecule has 0 aliphatic heterocycles. The van der Waals surface area contributed by atoms with E-state index < -0.39 is 39.1 Å². The lowest BCUT2D eigenvalue weighted by Gasteiger charge is -2.09. The number of carbonyl (C=O) groups excluding carboxylic acids is 1. The van der Waals surface area contributed by atoms with Crippen LogP contribution in [0, 0.1) is 11.6 Å². The molecule has 0 saturated heterocycles. The number of nitrogens with one attached hydrogen (secondary N) is 1. The van der Waals surface area contributed by atoms with Gasteiger partial charge >= 0.3 is 5.97 Å². The number of halogens is 2. The van der Waals surface area contributed by atoms with Crippen LogP contribution in [0.25, 0.3) is 0 Å². The van der Waals surface area contributed by atoms with Crippen molar-refractivity contribution >= 4 is 21.7 Å². The van der Waals surface area contributed by atoms with Gasteiger partial charge in [-0.3, -0.25) is 4.79 Å². The highest BCUT2D eigenvalue weighted by atomic mass is 32.2. The lowest BCUT2D eigenvalue weighted by Crippen LogP contribution is -2.32. The summed E-state index contributed by atoms with van der Waals surface area (Å²) >= 11 is 0. The molecule has 0 unspecified atom stereocenters. The standard InChI is InChI=1S/C10H12F2N2O4S/c1-2-18-9(15)5-14-19(16,17)10-7(11)3-6(13)4-8(10)12/h3-4,14H,2,5,13H2,1H3. The average Bonchev–Trinajstić information content (AvgIpc) is 2.25. The van der Waals surface area contributed by atoms with Gasteiger partial charge in [-0.15, -0.1) is 0 Å². The van der Waals surface area contributed by atoms with Crippen molar-refractivity contribution in [3.05, 3.63) is 23.8 Å². The minimum atomic E-state index is -4.51. The molecule has 0 saturated carbocycles. The van der Waals surface area contributed by atoms with Crippen LogP contribution in [-0.2, 0) is 19.6 Å². The summed E-state index contributed by atoms with van der Waals surface area (Å²) in [5.41, 5.74) is 4.91. The number of nitrogens with two attached hydrogens (primary N) is 1. The lowest BCUT2D eigenvalue weighted by atomic mass is 10.3. The Labute approximate surface area is 108 Å². The third kappa shape index (κ3) is 3.86. The number of carbonyl (C=O) groups is 1. The molecular weight excluding hydrogens is 282 g/mol. The van der Waals surface area contributed by atoms with E-state index in [1.807, 2.05) is 0 Å². The van der Waals surface area contributed by atoms with Crippen molar-refractivity contribution in [1.29, 1.82) is 0 Å². The number of ether oxygens (including phenoxy) is 1. The molecule has 0 aromatic heterocycles. The van der Waals surface area contributed by atoms with E-state index in [1.165, 1.54) is 6.92 Å². The summed E-state index contributed by atoms with van der Waals surface area (Å²) in [5, 5.41) is 0. The van der Waals surface area contributed by atoms with E-state index in [-0.39, 0.29) is 12.3 Å². The molecule has 0 atom stereocenters. The van der Waals surface area contributed by atoms with Crippen molar-refractivity contribution in [3.63, 3.8) is 0 Å². The van der Waals surface area contributed by atoms with Crippen LogP contribution in [0.3, 0.4) is 0 Å². The van der Waals surface area contributed by atoms with Crippen LogP contribution in [-0.4, -0.2) is 27.5 Å². The fourth-order valence-electron chi connectivity index (χ4n) is 1.27. The summed E-state index contributed by atoms with van der Waals surface area (Å²) in [7, 11) is -4.51. The van der Waals surface area contributed by atoms with Gasteiger partial charge in [-0.1, -0.05) is 0 Å². The maximum atomic E-state index is 13.4. The first-order chi connectivity index (χ1) is 8.77. The number of esters is 1. The molecule has 1 rings (SSSR count). The fraction of sp³-hybridized carbons (Fsp3) is 0.300. The van der Waals surface area contributed by atoms with Gasteiger partial charge in [-0.05, 0) is 19.1 Å². The van der Waals surface area contributed by atoms with Gasteiger partial charge in [-0.2, -0.15) is 4.72 Å². The third-order valence-corrected chi connectivity index (χ3v) is 3.45. The molecule has 0 bridgehead atoms. The quantitative estimate of drug-likeness (QED) is 0.604. The number of benzene rings is 1. The summed E-state index contributed by atoms with van der Waals surface area (Å²) in [6, 6.07) is 1.34. The highest BCUT2D eigenvalue weighted by Gasteiger charge is 2.25. The summed E-state index contributed by atoms with van der Waals surface area (Å²) < 4.78 is 56.4. The Morgan fingerprint density at radius 2 is 1.89 bits per heavy atom. The Hall–Kier alpha value is -1.74. The molecule has 0 fully saturated rings. The lowest BCUT2D eigenvalue weighted by molar-refractivity contribution is -0.141. The Morgan fingerprint density at radius 1 is 1.37 bits per heavy atom. The Bertz CT molecular complexity index is 566. The Kier molecular flexibility index (Phi) is 4.78. The summed E-state index contributed by atoms with van der Waals surface area (Å²) in [4.78, 5) is 9.80. The van der Waals surface area contributed by atoms with E-state index in [9.17, 15) is 22.0 Å². The molecule has 3 N–H and O–H groups in total. The van der Waals surface area contributed by atoms with E-state index in [4.69, 9.17) is 5.73 Å². The fourth-order valence-corrected chi connectivity index (χ4v) is 2.36. The van der Waals surface area contributed by atoms with Gasteiger partial charge in [0.2, 0.25) is 10.0 Å². The Balaban J connectivity index is 2.98. The maximum Gasteiger partial charge on any atom is 0.321 e. The van der Waals surface area contributed by atoms with E-state index in [1.54, 1.807) is 4.72 Å². The molecule has 0 aliphatic rings. The van der Waals surface area contributed by atoms with Crippen molar-refractivity contribution < 1.29 is 26.7 Å². The van der Waals surface area contributed by atoms with Crippen LogP contribution in [0.2, 0.25) is 0 Å². The first kappa shape index (κ1) is 15.3. The number of hydrogen-bond donors (Lipinski definition) is 2. The second-order valence-corrected chi connectivity index (χ2v) is 5.15. The van der Waals surface area contributed by atoms with Gasteiger partial charge in [0.25, 0.3) is 0 Å². The van der Waals surface area contributed by atoms with E-state index in [0.717, 1.165) is 0 Å². The first-order valence-electron chi connectivity index (χ1n) is 5.17. The molecule has 0 spiro atoms. The predicted octanol–water partition coefficient (Wildman–Crippen LogP) is 0.388. The summed E-state index contributed by atoms with van der Waals surface area (Å²) in [5.74, 6) is -3.54. The topological polar surface area (TPSA) is 98.5 Å². The van der Waals surface area contributed by atoms with Gasteiger partial charge in [0.05, 0.1) is 6.61 Å². The van der Waals surface area contributed by atoms with Crippen LogP contribution in [0.15, 0.2) is 17.0 Å². The molecule has 1 aromatic carbocycles. The smallest absolute Gasteiger partial charge is 0.321 e. The van der Waals surface area contributed by atoms with Crippen LogP contribution < -0.4 is 10.5 Å². The van der Waals surface area contributed by atoms with Crippen molar-refractivity contribution in [3.8, 4) is 0 Å². The van der Waals surface area contributed by atoms with Crippen molar-refractivity contribution in [2.24, 2.45) is 0 Å². The number of anilines is 1. The number of rotatable bonds is 5. The molecule has 6 nitrogen and oxygen atoms in total. The zero-order valence-corrected chi connectivity index (χ0v) is 10.8. The van der Waals surface area contributed by atoms with Gasteiger partial charge in [0.15, 0.2) is 4.90 Å². The van der Waals surface area contributed by atoms with Crippen molar-refractivity contribution in [2.75, 3.05) is 18.9 Å². The third-order valence-electron chi connectivity index (χ3n) is 2.00. The normalized spacial score (nSPS) is 11.3. The summed E-state index contributed by atoms with van der Waals surface area (Å²) in [6.45, 7) is 0.871. The molecule has 106 valence electrons. The van der Waals surface area contributed by atoms with E-state index >= 15 is 0 Å². The molecule has 0 aliphatic carbocycles. The highest BCUT2D eigenvalue weighted by molar-refractivity contribution is 7.89. The SMILES string of the molecule is CCOC(=O)CNS(=O)(=O)c1c(F)cc(N)cc1F. The second-order valence-electron chi connectivity index (χ2n) is 3.44. The maximum absolute atomic E-state index is 13.4. The highest BCUT2D eigenvalue weighted by Crippen LogP contribution is 2.21. The molecule has 0 amide bonds. The number of hydrogen-bond acceptors (Lipinski definition) is 5. The zero-order valence-electron chi connectivity index (χ0n) is 9.94. The largest absolute Gasteiger partial charge is 0.465 e. The van der Waals surface area contributed by atoms with Gasteiger partial charge in [0, 0.05) is 5.69 Å². The molecule has 9 heteroatoms. The number of nitrogen functional groups attached to an aromatic ring is 1. The second kappa shape index (κ2) is 5.93. The molecule has 0 heterocycles. The molecule has 1 aromatic rings. The van der Waals surface area contributed by atoms with Crippen LogP contribution in [0.1, 0.15) is 6.92 Å². The van der Waals surface area contributed by atoms with Crippen molar-refractivity contribution in [1.82, 2.24) is 4.72 Å². The van der Waals surface area contributed by atoms with Crippen LogP contribution in [0.5, 0.6) is 0 Å². The average molecular weight is 294 g/mol.